The molecular formula is C19H24N4O3. The van der Waals surface area contributed by atoms with Crippen molar-refractivity contribution in [1.29, 1.82) is 0 Å². The SMILES string of the molecule is CC(C)c1cc(=O)[nH]c(N2CCC(NC(=O)OCc3ccccc3)C2)n1. The van der Waals surface area contributed by atoms with Crippen LogP contribution in [0.25, 0.3) is 0 Å². The maximum absolute atomic E-state index is 12.0. The van der Waals surface area contributed by atoms with E-state index in [0.717, 1.165) is 17.7 Å². The van der Waals surface area contributed by atoms with E-state index < -0.39 is 6.09 Å². The monoisotopic (exact) mass is 356 g/mol. The van der Waals surface area contributed by atoms with Crippen LogP contribution in [0.2, 0.25) is 0 Å². The molecule has 0 bridgehead atoms. The van der Waals surface area contributed by atoms with Gasteiger partial charge in [-0.25, -0.2) is 9.78 Å². The highest BCUT2D eigenvalue weighted by Gasteiger charge is 2.26. The second-order valence-corrected chi connectivity index (χ2v) is 6.79. The van der Waals surface area contributed by atoms with Gasteiger partial charge >= 0.3 is 6.09 Å². The van der Waals surface area contributed by atoms with E-state index in [0.29, 0.717) is 19.0 Å². The first-order valence-electron chi connectivity index (χ1n) is 8.84. The molecule has 0 aliphatic carbocycles. The summed E-state index contributed by atoms with van der Waals surface area (Å²) in [5.41, 5.74) is 1.56. The molecule has 1 aliphatic heterocycles. The Balaban J connectivity index is 1.54. The number of alkyl carbamates (subject to hydrolysis) is 1. The summed E-state index contributed by atoms with van der Waals surface area (Å²) in [5.74, 6) is 0.740. The lowest BCUT2D eigenvalue weighted by Crippen LogP contribution is -2.38. The first-order chi connectivity index (χ1) is 12.5. The molecule has 1 aromatic carbocycles. The molecule has 0 spiro atoms. The number of ether oxygens (including phenoxy) is 1. The van der Waals surface area contributed by atoms with Crippen molar-refractivity contribution in [1.82, 2.24) is 15.3 Å². The van der Waals surface area contributed by atoms with Crippen LogP contribution in [-0.2, 0) is 11.3 Å². The maximum Gasteiger partial charge on any atom is 0.407 e. The fourth-order valence-electron chi connectivity index (χ4n) is 2.91. The maximum atomic E-state index is 12.0. The van der Waals surface area contributed by atoms with Crippen molar-refractivity contribution in [2.24, 2.45) is 0 Å². The van der Waals surface area contributed by atoms with Gasteiger partial charge in [-0.05, 0) is 17.9 Å². The molecule has 0 radical (unpaired) electrons. The smallest absolute Gasteiger partial charge is 0.407 e. The van der Waals surface area contributed by atoms with E-state index in [4.69, 9.17) is 4.74 Å². The zero-order valence-corrected chi connectivity index (χ0v) is 15.1. The van der Waals surface area contributed by atoms with Crippen molar-refractivity contribution in [2.75, 3.05) is 18.0 Å². The van der Waals surface area contributed by atoms with Crippen LogP contribution in [0.1, 0.15) is 37.4 Å². The number of hydrogen-bond donors (Lipinski definition) is 2. The zero-order valence-electron chi connectivity index (χ0n) is 15.1. The van der Waals surface area contributed by atoms with Crippen LogP contribution in [0.3, 0.4) is 0 Å². The van der Waals surface area contributed by atoms with Gasteiger partial charge in [0, 0.05) is 19.2 Å². The molecule has 0 saturated carbocycles. The quantitative estimate of drug-likeness (QED) is 0.859. The van der Waals surface area contributed by atoms with E-state index in [1.807, 2.05) is 49.1 Å². The topological polar surface area (TPSA) is 87.3 Å². The molecule has 1 saturated heterocycles. The second-order valence-electron chi connectivity index (χ2n) is 6.79. The normalized spacial score (nSPS) is 16.7. The Labute approximate surface area is 152 Å². The fraction of sp³-hybridized carbons (Fsp3) is 0.421. The van der Waals surface area contributed by atoms with Gasteiger partial charge in [0.2, 0.25) is 5.95 Å². The third-order valence-electron chi connectivity index (χ3n) is 4.36. The molecule has 1 atom stereocenters. The van der Waals surface area contributed by atoms with Gasteiger partial charge in [0.25, 0.3) is 5.56 Å². The second kappa shape index (κ2) is 8.03. The minimum absolute atomic E-state index is 0.0359. The van der Waals surface area contributed by atoms with Crippen LogP contribution in [0, 0.1) is 0 Å². The van der Waals surface area contributed by atoms with Gasteiger partial charge in [-0.1, -0.05) is 44.2 Å². The molecule has 2 heterocycles. The number of nitrogens with zero attached hydrogens (tertiary/aromatic N) is 2. The van der Waals surface area contributed by atoms with Gasteiger partial charge in [0.1, 0.15) is 6.61 Å². The van der Waals surface area contributed by atoms with Crippen LogP contribution in [0.15, 0.2) is 41.2 Å². The molecule has 1 unspecified atom stereocenters. The van der Waals surface area contributed by atoms with Crippen LogP contribution >= 0.6 is 0 Å². The van der Waals surface area contributed by atoms with Crippen LogP contribution in [0.4, 0.5) is 10.7 Å². The molecule has 2 aromatic rings. The van der Waals surface area contributed by atoms with Gasteiger partial charge in [0.05, 0.1) is 11.7 Å². The van der Waals surface area contributed by atoms with Gasteiger partial charge in [-0.2, -0.15) is 0 Å². The van der Waals surface area contributed by atoms with E-state index >= 15 is 0 Å². The van der Waals surface area contributed by atoms with Crippen LogP contribution < -0.4 is 15.8 Å². The molecule has 3 rings (SSSR count). The molecule has 1 aromatic heterocycles. The Morgan fingerprint density at radius 1 is 1.38 bits per heavy atom. The lowest BCUT2D eigenvalue weighted by atomic mass is 10.1. The number of amides is 1. The van der Waals surface area contributed by atoms with Crippen molar-refractivity contribution in [3.05, 3.63) is 58.0 Å². The Hall–Kier alpha value is -2.83. The van der Waals surface area contributed by atoms with Gasteiger partial charge in [-0.3, -0.25) is 9.78 Å². The molecule has 1 amide bonds. The van der Waals surface area contributed by atoms with E-state index in [9.17, 15) is 9.59 Å². The number of hydrogen-bond acceptors (Lipinski definition) is 5. The minimum Gasteiger partial charge on any atom is -0.445 e. The summed E-state index contributed by atoms with van der Waals surface area (Å²) in [6.07, 6.45) is 0.342. The summed E-state index contributed by atoms with van der Waals surface area (Å²) < 4.78 is 5.26. The van der Waals surface area contributed by atoms with E-state index in [1.165, 1.54) is 6.07 Å². The number of aromatic amines is 1. The molecular weight excluding hydrogens is 332 g/mol. The number of benzene rings is 1. The summed E-state index contributed by atoms with van der Waals surface area (Å²) in [6, 6.07) is 11.0. The first kappa shape index (κ1) is 18.0. The zero-order chi connectivity index (χ0) is 18.5. The highest BCUT2D eigenvalue weighted by atomic mass is 16.5. The Morgan fingerprint density at radius 3 is 2.88 bits per heavy atom. The number of anilines is 1. The van der Waals surface area contributed by atoms with E-state index in [1.54, 1.807) is 0 Å². The van der Waals surface area contributed by atoms with Gasteiger partial charge in [0.15, 0.2) is 0 Å². The van der Waals surface area contributed by atoms with E-state index in [-0.39, 0.29) is 24.1 Å². The Bertz CT molecular complexity index is 804. The van der Waals surface area contributed by atoms with Crippen molar-refractivity contribution in [3.8, 4) is 0 Å². The predicted octanol–water partition coefficient (Wildman–Crippen LogP) is 2.40. The van der Waals surface area contributed by atoms with Crippen molar-refractivity contribution >= 4 is 12.0 Å². The molecule has 1 fully saturated rings. The van der Waals surface area contributed by atoms with Crippen molar-refractivity contribution in [3.63, 3.8) is 0 Å². The summed E-state index contributed by atoms with van der Waals surface area (Å²) in [6.45, 7) is 5.55. The van der Waals surface area contributed by atoms with Gasteiger partial charge < -0.3 is 15.0 Å². The third-order valence-corrected chi connectivity index (χ3v) is 4.36. The largest absolute Gasteiger partial charge is 0.445 e. The molecule has 7 heteroatoms. The fourth-order valence-corrected chi connectivity index (χ4v) is 2.91. The standard InChI is InChI=1S/C19H24N4O3/c1-13(2)16-10-17(24)22-18(21-16)23-9-8-15(11-23)20-19(25)26-12-14-6-4-3-5-7-14/h3-7,10,13,15H,8-9,11-12H2,1-2H3,(H,20,25)(H,21,22,24). The molecule has 7 nitrogen and oxygen atoms in total. The van der Waals surface area contributed by atoms with Crippen molar-refractivity contribution in [2.45, 2.75) is 38.8 Å². The summed E-state index contributed by atoms with van der Waals surface area (Å²) in [4.78, 5) is 33.1. The van der Waals surface area contributed by atoms with Crippen LogP contribution in [0.5, 0.6) is 0 Å². The highest BCUT2D eigenvalue weighted by molar-refractivity contribution is 5.67. The summed E-state index contributed by atoms with van der Waals surface area (Å²) in [7, 11) is 0. The van der Waals surface area contributed by atoms with Crippen LogP contribution in [-0.4, -0.2) is 35.2 Å². The average Bonchev–Trinajstić information content (AvgIpc) is 3.09. The molecule has 26 heavy (non-hydrogen) atoms. The van der Waals surface area contributed by atoms with Gasteiger partial charge in [-0.15, -0.1) is 0 Å². The minimum atomic E-state index is -0.432. The number of rotatable bonds is 5. The Kier molecular flexibility index (Phi) is 5.55. The highest BCUT2D eigenvalue weighted by Crippen LogP contribution is 2.18. The average molecular weight is 356 g/mol. The van der Waals surface area contributed by atoms with E-state index in [2.05, 4.69) is 15.3 Å². The molecule has 138 valence electrons. The molecule has 1 aliphatic rings. The lowest BCUT2D eigenvalue weighted by Gasteiger charge is -2.18. The first-order valence-corrected chi connectivity index (χ1v) is 8.84. The summed E-state index contributed by atoms with van der Waals surface area (Å²) >= 11 is 0. The summed E-state index contributed by atoms with van der Waals surface area (Å²) in [5, 5.41) is 2.88. The lowest BCUT2D eigenvalue weighted by molar-refractivity contribution is 0.136. The Morgan fingerprint density at radius 2 is 2.15 bits per heavy atom. The molecule has 2 N–H and O–H groups in total. The third kappa shape index (κ3) is 4.62. The number of H-pyrrole nitrogens is 1. The number of nitrogens with one attached hydrogen (secondary N) is 2. The number of aromatic nitrogens is 2. The number of carbonyl (C=O) groups excluding carboxylic acids is 1. The predicted molar refractivity (Wildman–Crippen MR) is 99.3 cm³/mol. The van der Waals surface area contributed by atoms with Crippen molar-refractivity contribution < 1.29 is 9.53 Å². The number of carbonyl (C=O) groups is 1.